The van der Waals surface area contributed by atoms with Crippen molar-refractivity contribution < 1.29 is 29.2 Å². The van der Waals surface area contributed by atoms with Gasteiger partial charge < -0.3 is 19.6 Å². The molecule has 3 aromatic rings. The van der Waals surface area contributed by atoms with Crippen LogP contribution in [0.15, 0.2) is 45.0 Å². The third-order valence-corrected chi connectivity index (χ3v) is 4.46. The van der Waals surface area contributed by atoms with E-state index < -0.39 is 39.5 Å². The second-order valence-corrected chi connectivity index (χ2v) is 6.82. The summed E-state index contributed by atoms with van der Waals surface area (Å²) in [5.41, 5.74) is -0.758. The maximum absolute atomic E-state index is 12.1. The van der Waals surface area contributed by atoms with Crippen LogP contribution in [0.3, 0.4) is 0 Å². The maximum Gasteiger partial charge on any atom is 0.321 e. The van der Waals surface area contributed by atoms with E-state index in [0.717, 1.165) is 13.2 Å². The van der Waals surface area contributed by atoms with Crippen LogP contribution in [0.5, 0.6) is 17.4 Å². The molecule has 31 heavy (non-hydrogen) atoms. The molecule has 0 atom stereocenters. The maximum atomic E-state index is 12.1. The van der Waals surface area contributed by atoms with Gasteiger partial charge in [0.25, 0.3) is 5.69 Å². The van der Waals surface area contributed by atoms with Gasteiger partial charge >= 0.3 is 11.6 Å². The number of carbonyl (C=O) groups is 1. The Morgan fingerprint density at radius 3 is 2.61 bits per heavy atom. The summed E-state index contributed by atoms with van der Waals surface area (Å²) in [4.78, 5) is 35.2. The lowest BCUT2D eigenvalue weighted by atomic mass is 10.2. The SMILES string of the molecule is COc1cc([N+](=O)[O-])cc([N+](=O)[O-])c1OCC(=O)N=Nc1c(O)[nH]c2ccc(Br)cc12. The molecular weight excluding hydrogens is 482 g/mol. The third-order valence-electron chi connectivity index (χ3n) is 3.96. The van der Waals surface area contributed by atoms with E-state index in [1.165, 1.54) is 0 Å². The van der Waals surface area contributed by atoms with Gasteiger partial charge in [0.15, 0.2) is 18.0 Å². The molecule has 1 heterocycles. The number of H-pyrrole nitrogens is 1. The van der Waals surface area contributed by atoms with Gasteiger partial charge in [-0.3, -0.25) is 25.0 Å². The van der Waals surface area contributed by atoms with Gasteiger partial charge in [-0.1, -0.05) is 15.9 Å². The highest BCUT2D eigenvalue weighted by molar-refractivity contribution is 9.10. The summed E-state index contributed by atoms with van der Waals surface area (Å²) in [5.74, 6) is -2.01. The first-order valence-corrected chi connectivity index (χ1v) is 9.09. The molecule has 0 fully saturated rings. The number of azo groups is 1. The molecule has 0 saturated carbocycles. The number of carbonyl (C=O) groups excluding carboxylic acids is 1. The average molecular weight is 494 g/mol. The van der Waals surface area contributed by atoms with E-state index in [1.807, 2.05) is 0 Å². The quantitative estimate of drug-likeness (QED) is 0.279. The van der Waals surface area contributed by atoms with Crippen LogP contribution in [-0.2, 0) is 4.79 Å². The number of nitrogens with zero attached hydrogens (tertiary/aromatic N) is 4. The van der Waals surface area contributed by atoms with Crippen LogP contribution in [0.4, 0.5) is 17.1 Å². The number of fused-ring (bicyclic) bond motifs is 1. The smallest absolute Gasteiger partial charge is 0.321 e. The predicted molar refractivity (Wildman–Crippen MR) is 109 cm³/mol. The number of ether oxygens (including phenoxy) is 2. The number of aromatic amines is 1. The molecule has 0 radical (unpaired) electrons. The Morgan fingerprint density at radius 1 is 1.23 bits per heavy atom. The van der Waals surface area contributed by atoms with E-state index >= 15 is 0 Å². The largest absolute Gasteiger partial charge is 0.493 e. The molecule has 1 amide bonds. The van der Waals surface area contributed by atoms with Crippen LogP contribution in [-0.4, -0.2) is 39.6 Å². The predicted octanol–water partition coefficient (Wildman–Crippen LogP) is 4.15. The topological polar surface area (TPSA) is 183 Å². The van der Waals surface area contributed by atoms with Crippen molar-refractivity contribution in [3.8, 4) is 17.4 Å². The van der Waals surface area contributed by atoms with Crippen LogP contribution in [0.2, 0.25) is 0 Å². The van der Waals surface area contributed by atoms with Crippen molar-refractivity contribution in [3.05, 3.63) is 55.0 Å². The highest BCUT2D eigenvalue weighted by atomic mass is 79.9. The second kappa shape index (κ2) is 8.74. The summed E-state index contributed by atoms with van der Waals surface area (Å²) in [6.45, 7) is -0.772. The molecule has 0 aliphatic rings. The Bertz CT molecular complexity index is 1240. The van der Waals surface area contributed by atoms with Crippen LogP contribution >= 0.6 is 15.9 Å². The van der Waals surface area contributed by atoms with Crippen molar-refractivity contribution in [1.29, 1.82) is 0 Å². The number of halogens is 1. The monoisotopic (exact) mass is 493 g/mol. The van der Waals surface area contributed by atoms with E-state index in [-0.39, 0.29) is 17.3 Å². The molecule has 0 aliphatic carbocycles. The van der Waals surface area contributed by atoms with Gasteiger partial charge in [-0.15, -0.1) is 10.2 Å². The number of hydrogen-bond donors (Lipinski definition) is 2. The lowest BCUT2D eigenvalue weighted by molar-refractivity contribution is -0.394. The Hall–Kier alpha value is -4.07. The van der Waals surface area contributed by atoms with E-state index in [0.29, 0.717) is 21.4 Å². The molecule has 1 aromatic heterocycles. The first-order chi connectivity index (χ1) is 14.7. The molecule has 0 unspecified atom stereocenters. The van der Waals surface area contributed by atoms with Crippen LogP contribution in [0.25, 0.3) is 10.9 Å². The van der Waals surface area contributed by atoms with E-state index in [1.54, 1.807) is 18.2 Å². The van der Waals surface area contributed by atoms with Gasteiger partial charge in [0.2, 0.25) is 11.6 Å². The number of nitro groups is 2. The normalized spacial score (nSPS) is 11.0. The van der Waals surface area contributed by atoms with Crippen molar-refractivity contribution in [1.82, 2.24) is 4.98 Å². The van der Waals surface area contributed by atoms with Gasteiger partial charge in [0.05, 0.1) is 34.6 Å². The van der Waals surface area contributed by atoms with Crippen LogP contribution in [0.1, 0.15) is 0 Å². The summed E-state index contributed by atoms with van der Waals surface area (Å²) < 4.78 is 10.8. The zero-order valence-corrected chi connectivity index (χ0v) is 17.2. The number of rotatable bonds is 7. The van der Waals surface area contributed by atoms with Gasteiger partial charge in [0, 0.05) is 9.86 Å². The van der Waals surface area contributed by atoms with Crippen molar-refractivity contribution in [2.24, 2.45) is 10.2 Å². The third kappa shape index (κ3) is 4.58. The molecule has 0 spiro atoms. The molecule has 0 bridgehead atoms. The molecule has 160 valence electrons. The minimum absolute atomic E-state index is 0.0172. The molecule has 14 heteroatoms. The van der Waals surface area contributed by atoms with Gasteiger partial charge in [-0.2, -0.15) is 0 Å². The number of benzene rings is 2. The van der Waals surface area contributed by atoms with Gasteiger partial charge in [0.1, 0.15) is 0 Å². The molecule has 2 N–H and O–H groups in total. The number of non-ortho nitro benzene ring substituents is 1. The minimum Gasteiger partial charge on any atom is -0.493 e. The Morgan fingerprint density at radius 2 is 1.97 bits per heavy atom. The van der Waals surface area contributed by atoms with E-state index in [2.05, 4.69) is 31.1 Å². The fourth-order valence-electron chi connectivity index (χ4n) is 2.62. The molecule has 3 rings (SSSR count). The molecule has 0 aliphatic heterocycles. The second-order valence-electron chi connectivity index (χ2n) is 5.91. The molecular formula is C17H12BrN5O8. The number of amides is 1. The first kappa shape index (κ1) is 21.6. The summed E-state index contributed by atoms with van der Waals surface area (Å²) in [6, 6.07) is 6.69. The molecule has 0 saturated heterocycles. The molecule has 13 nitrogen and oxygen atoms in total. The lowest BCUT2D eigenvalue weighted by Gasteiger charge is -2.09. The van der Waals surface area contributed by atoms with E-state index in [9.17, 15) is 30.1 Å². The average Bonchev–Trinajstić information content (AvgIpc) is 3.03. The Labute approximate surface area is 180 Å². The van der Waals surface area contributed by atoms with Gasteiger partial charge in [-0.25, -0.2) is 0 Å². The number of aromatic hydroxyl groups is 1. The number of methoxy groups -OCH3 is 1. The highest BCUT2D eigenvalue weighted by Crippen LogP contribution is 2.41. The summed E-state index contributed by atoms with van der Waals surface area (Å²) in [6.07, 6.45) is 0. The number of hydrogen-bond acceptors (Lipinski definition) is 9. The minimum atomic E-state index is -0.932. The van der Waals surface area contributed by atoms with E-state index in [4.69, 9.17) is 9.47 Å². The van der Waals surface area contributed by atoms with Crippen molar-refractivity contribution in [2.75, 3.05) is 13.7 Å². The highest BCUT2D eigenvalue weighted by Gasteiger charge is 2.27. The van der Waals surface area contributed by atoms with Crippen LogP contribution in [0, 0.1) is 20.2 Å². The molecule has 2 aromatic carbocycles. The fraction of sp³-hybridized carbons (Fsp3) is 0.118. The standard InChI is InChI=1S/C17H12BrN5O8/c1-30-13-6-9(22(26)27)5-12(23(28)29)16(13)31-7-14(24)20-21-15-10-4-8(18)2-3-11(10)19-17(15)25/h2-6,19,25H,7H2,1H3. The summed E-state index contributed by atoms with van der Waals surface area (Å²) in [5, 5.41) is 39.8. The Balaban J connectivity index is 1.83. The number of nitro benzene ring substituents is 2. The summed E-state index contributed by atoms with van der Waals surface area (Å²) >= 11 is 3.29. The Kier molecular flexibility index (Phi) is 6.10. The van der Waals surface area contributed by atoms with Crippen LogP contribution < -0.4 is 9.47 Å². The van der Waals surface area contributed by atoms with Gasteiger partial charge in [-0.05, 0) is 18.2 Å². The number of aromatic nitrogens is 1. The fourth-order valence-corrected chi connectivity index (χ4v) is 2.98. The first-order valence-electron chi connectivity index (χ1n) is 8.29. The zero-order valence-electron chi connectivity index (χ0n) is 15.6. The zero-order chi connectivity index (χ0) is 22.7. The van der Waals surface area contributed by atoms with Crippen molar-refractivity contribution >= 4 is 49.8 Å². The van der Waals surface area contributed by atoms with Crippen molar-refractivity contribution in [3.63, 3.8) is 0 Å². The summed E-state index contributed by atoms with van der Waals surface area (Å²) in [7, 11) is 1.13. The number of nitrogens with one attached hydrogen (secondary N) is 1. The lowest BCUT2D eigenvalue weighted by Crippen LogP contribution is -2.10. The van der Waals surface area contributed by atoms with Crippen molar-refractivity contribution in [2.45, 2.75) is 0 Å².